The maximum Gasteiger partial charge on any atom is 0.220 e. The predicted molar refractivity (Wildman–Crippen MR) is 333 cm³/mol. The summed E-state index contributed by atoms with van der Waals surface area (Å²) in [7, 11) is 0. The molecule has 506 valence electrons. The standard InChI is InChI=1S/C67H125NO18/c1-3-5-7-9-11-13-15-17-19-21-23-24-25-26-27-28-30-32-34-36-38-40-42-44-51(72)50(68-55(73)45-43-41-39-37-35-33-31-29-22-20-18-16-14-12-10-8-6-4-2)49-81-65-61(79)58(76)63(53(47-70)83-65)86-67-62(80)59(77)64(54(48-71)84-67)85-66-60(78)57(75)56(74)52(46-69)82-66/h14,16,20,22,50-54,56-67,69-72,74-80H,3-13,15,17-19,21,23-49H2,1-2H3,(H,68,73)/b16-14-,22-20-. The van der Waals surface area contributed by atoms with E-state index in [2.05, 4.69) is 43.5 Å². The Morgan fingerprint density at radius 2 is 0.767 bits per heavy atom. The number of unbranched alkanes of at least 4 members (excludes halogenated alkanes) is 33. The first-order chi connectivity index (χ1) is 41.8. The number of hydrogen-bond acceptors (Lipinski definition) is 18. The number of carbonyl (C=O) groups is 1. The lowest BCUT2D eigenvalue weighted by Gasteiger charge is -2.48. The van der Waals surface area contributed by atoms with Gasteiger partial charge in [-0.15, -0.1) is 0 Å². The molecular formula is C67H125NO18. The van der Waals surface area contributed by atoms with E-state index in [4.69, 9.17) is 28.4 Å². The van der Waals surface area contributed by atoms with Crippen LogP contribution in [-0.4, -0.2) is 193 Å². The Labute approximate surface area is 518 Å². The Hall–Kier alpha value is -1.73. The quantitative estimate of drug-likeness (QED) is 0.0200. The number of ether oxygens (including phenoxy) is 6. The van der Waals surface area contributed by atoms with Gasteiger partial charge in [0.15, 0.2) is 18.9 Å². The second-order valence-corrected chi connectivity index (χ2v) is 25.0. The molecule has 0 saturated carbocycles. The molecule has 0 bridgehead atoms. The van der Waals surface area contributed by atoms with E-state index in [1.165, 1.54) is 161 Å². The number of aliphatic hydroxyl groups excluding tert-OH is 11. The summed E-state index contributed by atoms with van der Waals surface area (Å²) >= 11 is 0. The molecule has 3 saturated heterocycles. The van der Waals surface area contributed by atoms with Gasteiger partial charge >= 0.3 is 0 Å². The number of aliphatic hydroxyl groups is 11. The van der Waals surface area contributed by atoms with Crippen molar-refractivity contribution in [2.75, 3.05) is 26.4 Å². The maximum atomic E-state index is 13.4. The molecule has 3 fully saturated rings. The van der Waals surface area contributed by atoms with Crippen molar-refractivity contribution in [1.82, 2.24) is 5.32 Å². The minimum Gasteiger partial charge on any atom is -0.394 e. The van der Waals surface area contributed by atoms with E-state index in [-0.39, 0.29) is 18.9 Å². The lowest BCUT2D eigenvalue weighted by molar-refractivity contribution is -0.379. The fourth-order valence-corrected chi connectivity index (χ4v) is 11.9. The van der Waals surface area contributed by atoms with Crippen LogP contribution in [0, 0.1) is 0 Å². The van der Waals surface area contributed by atoms with Crippen LogP contribution in [0.3, 0.4) is 0 Å². The molecule has 1 amide bonds. The Kier molecular flexibility index (Phi) is 45.6. The van der Waals surface area contributed by atoms with E-state index >= 15 is 0 Å². The van der Waals surface area contributed by atoms with Gasteiger partial charge in [-0.25, -0.2) is 0 Å². The van der Waals surface area contributed by atoms with Gasteiger partial charge in [0.1, 0.15) is 73.2 Å². The van der Waals surface area contributed by atoms with Gasteiger partial charge in [0, 0.05) is 6.42 Å². The lowest BCUT2D eigenvalue weighted by atomic mass is 9.96. The van der Waals surface area contributed by atoms with Crippen LogP contribution < -0.4 is 5.32 Å². The molecule has 0 aromatic heterocycles. The highest BCUT2D eigenvalue weighted by atomic mass is 16.8. The molecule has 17 atom stereocenters. The average Bonchev–Trinajstić information content (AvgIpc) is 2.53. The van der Waals surface area contributed by atoms with Gasteiger partial charge in [-0.3, -0.25) is 4.79 Å². The fourth-order valence-electron chi connectivity index (χ4n) is 11.9. The molecule has 3 rings (SSSR count). The Morgan fingerprint density at radius 3 is 1.20 bits per heavy atom. The van der Waals surface area contributed by atoms with Crippen LogP contribution in [-0.2, 0) is 33.2 Å². The van der Waals surface area contributed by atoms with Crippen LogP contribution in [0.15, 0.2) is 24.3 Å². The van der Waals surface area contributed by atoms with Gasteiger partial charge in [0.25, 0.3) is 0 Å². The first-order valence-electron chi connectivity index (χ1n) is 34.6. The van der Waals surface area contributed by atoms with E-state index in [1.807, 2.05) is 0 Å². The minimum absolute atomic E-state index is 0.248. The molecule has 0 radical (unpaired) electrons. The van der Waals surface area contributed by atoms with Gasteiger partial charge in [-0.2, -0.15) is 0 Å². The number of carbonyl (C=O) groups excluding carboxylic acids is 1. The first kappa shape index (κ1) is 78.5. The molecular weight excluding hydrogens is 1110 g/mol. The van der Waals surface area contributed by atoms with Gasteiger partial charge < -0.3 is 89.9 Å². The van der Waals surface area contributed by atoms with Crippen LogP contribution in [0.2, 0.25) is 0 Å². The number of nitrogens with one attached hydrogen (secondary N) is 1. The van der Waals surface area contributed by atoms with Crippen molar-refractivity contribution < 1.29 is 89.4 Å². The number of amides is 1. The maximum absolute atomic E-state index is 13.4. The second kappa shape index (κ2) is 49.9. The highest BCUT2D eigenvalue weighted by Crippen LogP contribution is 2.33. The van der Waals surface area contributed by atoms with Crippen LogP contribution in [0.4, 0.5) is 0 Å². The predicted octanol–water partition coefficient (Wildman–Crippen LogP) is 8.66. The molecule has 3 aliphatic heterocycles. The lowest BCUT2D eigenvalue weighted by Crippen LogP contribution is -2.66. The molecule has 17 unspecified atom stereocenters. The van der Waals surface area contributed by atoms with Gasteiger partial charge in [0.2, 0.25) is 5.91 Å². The zero-order valence-corrected chi connectivity index (χ0v) is 53.3. The van der Waals surface area contributed by atoms with Gasteiger partial charge in [0.05, 0.1) is 38.6 Å². The zero-order chi connectivity index (χ0) is 62.6. The summed E-state index contributed by atoms with van der Waals surface area (Å²) in [6, 6.07) is -0.891. The van der Waals surface area contributed by atoms with Gasteiger partial charge in [-0.1, -0.05) is 237 Å². The van der Waals surface area contributed by atoms with E-state index in [9.17, 15) is 61.0 Å². The highest BCUT2D eigenvalue weighted by Gasteiger charge is 2.53. The normalized spacial score (nSPS) is 28.9. The first-order valence-corrected chi connectivity index (χ1v) is 34.6. The fraction of sp³-hybridized carbons (Fsp3) is 0.925. The highest BCUT2D eigenvalue weighted by molar-refractivity contribution is 5.76. The smallest absolute Gasteiger partial charge is 0.220 e. The Balaban J connectivity index is 1.44. The molecule has 19 heteroatoms. The third-order valence-corrected chi connectivity index (χ3v) is 17.5. The van der Waals surface area contributed by atoms with Crippen LogP contribution in [0.1, 0.15) is 264 Å². The zero-order valence-electron chi connectivity index (χ0n) is 53.3. The minimum atomic E-state index is -1.97. The molecule has 0 aliphatic carbocycles. The van der Waals surface area contributed by atoms with Crippen LogP contribution in [0.5, 0.6) is 0 Å². The largest absolute Gasteiger partial charge is 0.394 e. The van der Waals surface area contributed by atoms with Crippen molar-refractivity contribution in [3.8, 4) is 0 Å². The molecule has 0 aromatic carbocycles. The second-order valence-electron chi connectivity index (χ2n) is 25.0. The molecule has 19 nitrogen and oxygen atoms in total. The molecule has 3 aliphatic rings. The van der Waals surface area contributed by atoms with Crippen molar-refractivity contribution in [3.05, 3.63) is 24.3 Å². The number of allylic oxidation sites excluding steroid dienone is 4. The summed E-state index contributed by atoms with van der Waals surface area (Å²) in [4.78, 5) is 13.4. The topological polar surface area (TPSA) is 307 Å². The van der Waals surface area contributed by atoms with Gasteiger partial charge in [-0.05, 0) is 44.9 Å². The summed E-state index contributed by atoms with van der Waals surface area (Å²) in [6.07, 6.45) is 28.2. The van der Waals surface area contributed by atoms with Crippen LogP contribution >= 0.6 is 0 Å². The number of hydrogen-bond donors (Lipinski definition) is 12. The monoisotopic (exact) mass is 1230 g/mol. The Morgan fingerprint density at radius 1 is 0.419 bits per heavy atom. The van der Waals surface area contributed by atoms with Crippen molar-refractivity contribution in [2.45, 2.75) is 369 Å². The van der Waals surface area contributed by atoms with Crippen molar-refractivity contribution in [1.29, 1.82) is 0 Å². The summed E-state index contributed by atoms with van der Waals surface area (Å²) in [5.74, 6) is -0.248. The summed E-state index contributed by atoms with van der Waals surface area (Å²) in [5, 5.41) is 121. The van der Waals surface area contributed by atoms with Crippen LogP contribution in [0.25, 0.3) is 0 Å². The van der Waals surface area contributed by atoms with E-state index in [0.717, 1.165) is 70.6 Å². The molecule has 3 heterocycles. The molecule has 12 N–H and O–H groups in total. The van der Waals surface area contributed by atoms with E-state index in [0.29, 0.717) is 12.8 Å². The van der Waals surface area contributed by atoms with Crippen molar-refractivity contribution >= 4 is 5.91 Å². The Bertz CT molecular complexity index is 1660. The van der Waals surface area contributed by atoms with E-state index < -0.39 is 124 Å². The average molecular weight is 1230 g/mol. The van der Waals surface area contributed by atoms with E-state index in [1.54, 1.807) is 0 Å². The van der Waals surface area contributed by atoms with Crippen molar-refractivity contribution in [3.63, 3.8) is 0 Å². The molecule has 0 spiro atoms. The molecule has 0 aromatic rings. The number of rotatable bonds is 53. The third-order valence-electron chi connectivity index (χ3n) is 17.5. The summed E-state index contributed by atoms with van der Waals surface area (Å²) in [5.41, 5.74) is 0. The SMILES string of the molecule is CCCCCC/C=C\C/C=C\CCCCCCCCCC(=O)NC(COC1OC(CO)C(OC2OC(CO)C(OC3OC(CO)C(O)C(O)C3O)C(O)C2O)C(O)C1O)C(O)CCCCCCCCCCCCCCCCCCCCCCCCC. The summed E-state index contributed by atoms with van der Waals surface area (Å²) < 4.78 is 34.4. The molecule has 86 heavy (non-hydrogen) atoms. The third kappa shape index (κ3) is 32.0. The summed E-state index contributed by atoms with van der Waals surface area (Å²) in [6.45, 7) is 1.80. The van der Waals surface area contributed by atoms with Crippen molar-refractivity contribution in [2.24, 2.45) is 0 Å².